The van der Waals surface area contributed by atoms with Gasteiger partial charge in [-0.15, -0.1) is 24.0 Å². The van der Waals surface area contributed by atoms with Gasteiger partial charge in [-0.3, -0.25) is 4.99 Å². The zero-order valence-electron chi connectivity index (χ0n) is 12.3. The Hall–Kier alpha value is -0.760. The molecule has 0 aliphatic heterocycles. The van der Waals surface area contributed by atoms with E-state index in [-0.39, 0.29) is 24.0 Å². The predicted octanol–water partition coefficient (Wildman–Crippen LogP) is 4.53. The van der Waals surface area contributed by atoms with Gasteiger partial charge in [-0.25, -0.2) is 4.98 Å². The highest BCUT2D eigenvalue weighted by Gasteiger charge is 2.03. The number of aromatic nitrogens is 1. The zero-order valence-corrected chi connectivity index (χ0v) is 16.9. The minimum Gasteiger partial charge on any atom is -0.352 e. The Morgan fingerprint density at radius 2 is 1.83 bits per heavy atom. The quantitative estimate of drug-likeness (QED) is 0.290. The summed E-state index contributed by atoms with van der Waals surface area (Å²) in [5.74, 6) is 0.668. The lowest BCUT2D eigenvalue weighted by Crippen LogP contribution is -2.36. The number of hydrogen-bond donors (Lipinski definition) is 2. The van der Waals surface area contributed by atoms with Crippen LogP contribution in [0.5, 0.6) is 0 Å². The van der Waals surface area contributed by atoms with E-state index in [1.165, 1.54) is 0 Å². The van der Waals surface area contributed by atoms with Gasteiger partial charge >= 0.3 is 0 Å². The van der Waals surface area contributed by atoms with Crippen molar-refractivity contribution in [3.8, 4) is 0 Å². The van der Waals surface area contributed by atoms with Crippen LogP contribution < -0.4 is 10.6 Å². The van der Waals surface area contributed by atoms with E-state index in [9.17, 15) is 0 Å². The van der Waals surface area contributed by atoms with Crippen molar-refractivity contribution in [1.29, 1.82) is 0 Å². The Balaban J connectivity index is 0.00000264. The average molecular weight is 486 g/mol. The number of nitrogens with one attached hydrogen (secondary N) is 2. The van der Waals surface area contributed by atoms with Crippen LogP contribution in [0.4, 0.5) is 0 Å². The van der Waals surface area contributed by atoms with E-state index in [0.29, 0.717) is 34.2 Å². The van der Waals surface area contributed by atoms with Gasteiger partial charge in [0.2, 0.25) is 0 Å². The standard InChI is InChI=1S/C15H15Cl3N4.HI/c1-19-15(21-8-10-2-5-14(18)20-7-10)22-9-11-3-4-12(16)6-13(11)17;/h2-7H,8-9H2,1H3,(H2,19,21,22);1H. The Labute approximate surface area is 167 Å². The Morgan fingerprint density at radius 3 is 2.43 bits per heavy atom. The van der Waals surface area contributed by atoms with Gasteiger partial charge in [0.1, 0.15) is 5.15 Å². The van der Waals surface area contributed by atoms with Crippen LogP contribution in [0.25, 0.3) is 0 Å². The fourth-order valence-corrected chi connectivity index (χ4v) is 2.35. The molecule has 124 valence electrons. The van der Waals surface area contributed by atoms with Gasteiger partial charge in [-0.05, 0) is 29.3 Å². The molecule has 0 aliphatic carbocycles. The lowest BCUT2D eigenvalue weighted by Gasteiger charge is -2.12. The van der Waals surface area contributed by atoms with Crippen LogP contribution >= 0.6 is 58.8 Å². The number of pyridine rings is 1. The maximum absolute atomic E-state index is 6.14. The zero-order chi connectivity index (χ0) is 15.9. The van der Waals surface area contributed by atoms with Crippen molar-refractivity contribution < 1.29 is 0 Å². The Bertz CT molecular complexity index is 662. The fourth-order valence-electron chi connectivity index (χ4n) is 1.76. The molecule has 0 radical (unpaired) electrons. The molecule has 1 heterocycles. The highest BCUT2D eigenvalue weighted by molar-refractivity contribution is 14.0. The summed E-state index contributed by atoms with van der Waals surface area (Å²) in [5.41, 5.74) is 1.96. The molecule has 0 saturated heterocycles. The second kappa shape index (κ2) is 10.2. The van der Waals surface area contributed by atoms with Crippen molar-refractivity contribution in [2.24, 2.45) is 4.99 Å². The minimum absolute atomic E-state index is 0. The van der Waals surface area contributed by atoms with E-state index >= 15 is 0 Å². The van der Waals surface area contributed by atoms with Gasteiger partial charge in [-0.1, -0.05) is 46.9 Å². The van der Waals surface area contributed by atoms with Crippen LogP contribution in [0.15, 0.2) is 41.5 Å². The first kappa shape index (κ1) is 20.3. The van der Waals surface area contributed by atoms with Crippen LogP contribution in [0, 0.1) is 0 Å². The van der Waals surface area contributed by atoms with Crippen molar-refractivity contribution in [2.75, 3.05) is 7.05 Å². The minimum atomic E-state index is 0. The third-order valence-corrected chi connectivity index (χ3v) is 3.74. The molecule has 0 amide bonds. The van der Waals surface area contributed by atoms with E-state index in [1.807, 2.05) is 12.1 Å². The van der Waals surface area contributed by atoms with E-state index in [4.69, 9.17) is 34.8 Å². The molecule has 0 fully saturated rings. The molecule has 23 heavy (non-hydrogen) atoms. The molecule has 2 N–H and O–H groups in total. The number of nitrogens with zero attached hydrogens (tertiary/aromatic N) is 2. The number of rotatable bonds is 4. The lowest BCUT2D eigenvalue weighted by atomic mass is 10.2. The summed E-state index contributed by atoms with van der Waals surface area (Å²) in [5, 5.41) is 8.10. The molecule has 1 aromatic heterocycles. The maximum Gasteiger partial charge on any atom is 0.191 e. The first-order valence-corrected chi connectivity index (χ1v) is 7.71. The second-order valence-electron chi connectivity index (χ2n) is 4.50. The number of hydrogen-bond acceptors (Lipinski definition) is 2. The van der Waals surface area contributed by atoms with Crippen LogP contribution in [0.1, 0.15) is 11.1 Å². The molecule has 0 saturated carbocycles. The smallest absolute Gasteiger partial charge is 0.191 e. The van der Waals surface area contributed by atoms with Crippen LogP contribution in [0.2, 0.25) is 15.2 Å². The number of aliphatic imine (C=N–C) groups is 1. The molecule has 1 aromatic carbocycles. The largest absolute Gasteiger partial charge is 0.352 e. The van der Waals surface area contributed by atoms with E-state index in [0.717, 1.165) is 11.1 Å². The fraction of sp³-hybridized carbons (Fsp3) is 0.200. The third-order valence-electron chi connectivity index (χ3n) is 2.93. The average Bonchev–Trinajstić information content (AvgIpc) is 2.51. The Morgan fingerprint density at radius 1 is 1.09 bits per heavy atom. The molecular formula is C15H16Cl3IN4. The topological polar surface area (TPSA) is 49.3 Å². The molecular weight excluding hydrogens is 469 g/mol. The summed E-state index contributed by atoms with van der Waals surface area (Å²) in [6.45, 7) is 1.15. The first-order valence-electron chi connectivity index (χ1n) is 6.57. The molecule has 2 aromatic rings. The van der Waals surface area contributed by atoms with E-state index in [1.54, 1.807) is 31.4 Å². The molecule has 4 nitrogen and oxygen atoms in total. The van der Waals surface area contributed by atoms with Crippen molar-refractivity contribution in [3.05, 3.63) is 62.9 Å². The summed E-state index contributed by atoms with van der Waals surface area (Å²) < 4.78 is 0. The van der Waals surface area contributed by atoms with Crippen molar-refractivity contribution in [1.82, 2.24) is 15.6 Å². The second-order valence-corrected chi connectivity index (χ2v) is 5.74. The Kier molecular flexibility index (Phi) is 8.98. The number of guanidine groups is 1. The molecule has 2 rings (SSSR count). The molecule has 0 spiro atoms. The van der Waals surface area contributed by atoms with E-state index in [2.05, 4.69) is 20.6 Å². The van der Waals surface area contributed by atoms with Gasteiger partial charge in [0.25, 0.3) is 0 Å². The SMILES string of the molecule is CN=C(NCc1ccc(Cl)nc1)NCc1ccc(Cl)cc1Cl.I. The lowest BCUT2D eigenvalue weighted by molar-refractivity contribution is 0.807. The van der Waals surface area contributed by atoms with Crippen LogP contribution in [-0.4, -0.2) is 18.0 Å². The van der Waals surface area contributed by atoms with Gasteiger partial charge in [-0.2, -0.15) is 0 Å². The summed E-state index contributed by atoms with van der Waals surface area (Å²) in [6.07, 6.45) is 1.72. The van der Waals surface area contributed by atoms with Crippen molar-refractivity contribution >= 4 is 64.7 Å². The predicted molar refractivity (Wildman–Crippen MR) is 108 cm³/mol. The monoisotopic (exact) mass is 484 g/mol. The summed E-state index contributed by atoms with van der Waals surface area (Å²) in [4.78, 5) is 8.19. The molecule has 0 bridgehead atoms. The number of halogens is 4. The number of benzene rings is 1. The molecule has 0 aliphatic rings. The first-order chi connectivity index (χ1) is 10.6. The summed E-state index contributed by atoms with van der Waals surface area (Å²) in [6, 6.07) is 9.07. The highest BCUT2D eigenvalue weighted by atomic mass is 127. The third kappa shape index (κ3) is 6.71. The summed E-state index contributed by atoms with van der Waals surface area (Å²) >= 11 is 17.8. The van der Waals surface area contributed by atoms with Gasteiger partial charge in [0, 0.05) is 36.4 Å². The molecule has 8 heteroatoms. The molecule has 0 atom stereocenters. The van der Waals surface area contributed by atoms with E-state index < -0.39 is 0 Å². The van der Waals surface area contributed by atoms with Crippen LogP contribution in [-0.2, 0) is 13.1 Å². The highest BCUT2D eigenvalue weighted by Crippen LogP contribution is 2.20. The van der Waals surface area contributed by atoms with Crippen molar-refractivity contribution in [3.63, 3.8) is 0 Å². The van der Waals surface area contributed by atoms with Crippen LogP contribution in [0.3, 0.4) is 0 Å². The van der Waals surface area contributed by atoms with Gasteiger partial charge < -0.3 is 10.6 Å². The van der Waals surface area contributed by atoms with Gasteiger partial charge in [0.15, 0.2) is 5.96 Å². The van der Waals surface area contributed by atoms with Crippen molar-refractivity contribution in [2.45, 2.75) is 13.1 Å². The molecule has 0 unspecified atom stereocenters. The maximum atomic E-state index is 6.14. The summed E-state index contributed by atoms with van der Waals surface area (Å²) in [7, 11) is 1.71. The van der Waals surface area contributed by atoms with Gasteiger partial charge in [0.05, 0.1) is 0 Å². The normalized spacial score (nSPS) is 10.9.